The third-order valence-corrected chi connectivity index (χ3v) is 2.58. The van der Waals surface area contributed by atoms with Crippen molar-refractivity contribution < 1.29 is 18.8 Å². The molecule has 0 spiro atoms. The number of methoxy groups -OCH3 is 1. The first-order valence-electron chi connectivity index (χ1n) is 4.58. The van der Waals surface area contributed by atoms with E-state index in [4.69, 9.17) is 0 Å². The van der Waals surface area contributed by atoms with Crippen LogP contribution in [0.3, 0.4) is 0 Å². The van der Waals surface area contributed by atoms with Crippen LogP contribution in [0.15, 0.2) is 12.1 Å². The summed E-state index contributed by atoms with van der Waals surface area (Å²) in [7, 11) is 1.13. The molecular formula is C10H9BrFNO4. The minimum Gasteiger partial charge on any atom is -0.465 e. The molecule has 1 unspecified atom stereocenters. The van der Waals surface area contributed by atoms with Gasteiger partial charge in [-0.1, -0.05) is 15.9 Å². The van der Waals surface area contributed by atoms with Crippen LogP contribution in [0.5, 0.6) is 0 Å². The van der Waals surface area contributed by atoms with E-state index in [0.29, 0.717) is 0 Å². The molecule has 92 valence electrons. The number of halogens is 2. The molecule has 0 fully saturated rings. The molecule has 0 aliphatic carbocycles. The lowest BCUT2D eigenvalue weighted by Gasteiger charge is -2.10. The fourth-order valence-electron chi connectivity index (χ4n) is 1.45. The number of nitrogens with zero attached hydrogens (tertiary/aromatic N) is 1. The molecule has 0 bridgehead atoms. The second kappa shape index (κ2) is 5.22. The Bertz CT molecular complexity index is 476. The highest BCUT2D eigenvalue weighted by Crippen LogP contribution is 2.34. The van der Waals surface area contributed by atoms with Crippen LogP contribution in [0.2, 0.25) is 0 Å². The summed E-state index contributed by atoms with van der Waals surface area (Å²) in [6.45, 7) is 1.60. The van der Waals surface area contributed by atoms with Crippen LogP contribution >= 0.6 is 15.9 Å². The highest BCUT2D eigenvalue weighted by Gasteiger charge is 2.26. The minimum atomic E-state index is -0.853. The molecule has 1 rings (SSSR count). The Labute approximate surface area is 105 Å². The van der Waals surface area contributed by atoms with Gasteiger partial charge in [0.05, 0.1) is 29.2 Å². The maximum absolute atomic E-state index is 13.2. The standard InChI is InChI=1S/C10H9BrFNO4/c1-5(11)9-7(10(14)17-2)3-6(12)4-8(9)13(15)16/h3-5H,1-2H3. The summed E-state index contributed by atoms with van der Waals surface area (Å²) in [6.07, 6.45) is 0. The molecule has 0 radical (unpaired) electrons. The van der Waals surface area contributed by atoms with E-state index >= 15 is 0 Å². The Hall–Kier alpha value is -1.50. The maximum atomic E-state index is 13.2. The van der Waals surface area contributed by atoms with E-state index in [9.17, 15) is 19.3 Å². The van der Waals surface area contributed by atoms with Crippen molar-refractivity contribution in [2.75, 3.05) is 7.11 Å². The van der Waals surface area contributed by atoms with E-state index in [1.54, 1.807) is 6.92 Å². The lowest BCUT2D eigenvalue weighted by atomic mass is 10.0. The second-order valence-electron chi connectivity index (χ2n) is 3.25. The molecule has 0 amide bonds. The number of nitro groups is 1. The van der Waals surface area contributed by atoms with Gasteiger partial charge in [-0.3, -0.25) is 10.1 Å². The van der Waals surface area contributed by atoms with Gasteiger partial charge in [-0.05, 0) is 13.0 Å². The molecule has 17 heavy (non-hydrogen) atoms. The second-order valence-corrected chi connectivity index (χ2v) is 4.62. The highest BCUT2D eigenvalue weighted by atomic mass is 79.9. The largest absolute Gasteiger partial charge is 0.465 e. The van der Waals surface area contributed by atoms with Gasteiger partial charge in [0.1, 0.15) is 5.82 Å². The smallest absolute Gasteiger partial charge is 0.338 e. The number of hydrogen-bond donors (Lipinski definition) is 0. The summed E-state index contributed by atoms with van der Waals surface area (Å²) in [6, 6.07) is 1.70. The fraction of sp³-hybridized carbons (Fsp3) is 0.300. The third-order valence-electron chi connectivity index (χ3n) is 2.12. The monoisotopic (exact) mass is 305 g/mol. The first-order valence-corrected chi connectivity index (χ1v) is 5.50. The number of esters is 1. The van der Waals surface area contributed by atoms with E-state index in [1.807, 2.05) is 0 Å². The molecule has 1 atom stereocenters. The lowest BCUT2D eigenvalue weighted by Crippen LogP contribution is -2.09. The van der Waals surface area contributed by atoms with Crippen LogP contribution in [-0.4, -0.2) is 18.0 Å². The van der Waals surface area contributed by atoms with E-state index in [1.165, 1.54) is 0 Å². The van der Waals surface area contributed by atoms with Crippen LogP contribution < -0.4 is 0 Å². The zero-order chi connectivity index (χ0) is 13.2. The van der Waals surface area contributed by atoms with Gasteiger partial charge in [-0.15, -0.1) is 0 Å². The number of rotatable bonds is 3. The van der Waals surface area contributed by atoms with Crippen molar-refractivity contribution in [3.05, 3.63) is 39.2 Å². The molecule has 0 saturated heterocycles. The predicted molar refractivity (Wildman–Crippen MR) is 61.7 cm³/mol. The van der Waals surface area contributed by atoms with Gasteiger partial charge < -0.3 is 4.74 Å². The van der Waals surface area contributed by atoms with E-state index in [0.717, 1.165) is 19.2 Å². The van der Waals surface area contributed by atoms with Gasteiger partial charge in [0, 0.05) is 4.83 Å². The number of ether oxygens (including phenoxy) is 1. The van der Waals surface area contributed by atoms with Crippen LogP contribution in [0.25, 0.3) is 0 Å². The number of hydrogen-bond acceptors (Lipinski definition) is 4. The number of benzene rings is 1. The van der Waals surface area contributed by atoms with E-state index in [2.05, 4.69) is 20.7 Å². The van der Waals surface area contributed by atoms with Gasteiger partial charge in [0.15, 0.2) is 0 Å². The van der Waals surface area contributed by atoms with Crippen LogP contribution in [0, 0.1) is 15.9 Å². The Morgan fingerprint density at radius 2 is 2.18 bits per heavy atom. The Balaban J connectivity index is 3.57. The first kappa shape index (κ1) is 13.6. The van der Waals surface area contributed by atoms with Crippen molar-refractivity contribution in [3.8, 4) is 0 Å². The molecule has 1 aromatic carbocycles. The van der Waals surface area contributed by atoms with Gasteiger partial charge in [0.2, 0.25) is 0 Å². The SMILES string of the molecule is COC(=O)c1cc(F)cc([N+](=O)[O-])c1C(C)Br. The predicted octanol–water partition coefficient (Wildman–Crippen LogP) is 2.98. The molecule has 0 aliphatic rings. The van der Waals surface area contributed by atoms with Crippen molar-refractivity contribution in [1.82, 2.24) is 0 Å². The van der Waals surface area contributed by atoms with Gasteiger partial charge in [-0.25, -0.2) is 9.18 Å². The summed E-state index contributed by atoms with van der Waals surface area (Å²) < 4.78 is 17.7. The van der Waals surface area contributed by atoms with Gasteiger partial charge in [-0.2, -0.15) is 0 Å². The summed E-state index contributed by atoms with van der Waals surface area (Å²) >= 11 is 3.14. The normalized spacial score (nSPS) is 12.0. The van der Waals surface area contributed by atoms with Crippen molar-refractivity contribution >= 4 is 27.6 Å². The molecule has 0 N–H and O–H groups in total. The molecule has 7 heteroatoms. The quantitative estimate of drug-likeness (QED) is 0.372. The van der Waals surface area contributed by atoms with E-state index in [-0.39, 0.29) is 11.1 Å². The molecule has 0 heterocycles. The number of carbonyl (C=O) groups excluding carboxylic acids is 1. The zero-order valence-corrected chi connectivity index (χ0v) is 10.7. The highest BCUT2D eigenvalue weighted by molar-refractivity contribution is 9.09. The molecule has 0 aromatic heterocycles. The van der Waals surface area contributed by atoms with Crippen molar-refractivity contribution in [2.24, 2.45) is 0 Å². The third kappa shape index (κ3) is 2.79. The average molecular weight is 306 g/mol. The number of alkyl halides is 1. The van der Waals surface area contributed by atoms with Gasteiger partial charge in [0.25, 0.3) is 5.69 Å². The Morgan fingerprint density at radius 3 is 2.59 bits per heavy atom. The lowest BCUT2D eigenvalue weighted by molar-refractivity contribution is -0.385. The van der Waals surface area contributed by atoms with Crippen molar-refractivity contribution in [2.45, 2.75) is 11.8 Å². The Morgan fingerprint density at radius 1 is 1.59 bits per heavy atom. The zero-order valence-electron chi connectivity index (χ0n) is 9.07. The van der Waals surface area contributed by atoms with Gasteiger partial charge >= 0.3 is 5.97 Å². The average Bonchev–Trinajstić information content (AvgIpc) is 2.26. The summed E-state index contributed by atoms with van der Waals surface area (Å²) in [4.78, 5) is 21.0. The fourth-order valence-corrected chi connectivity index (χ4v) is 1.93. The first-order chi connectivity index (χ1) is 7.88. The molecule has 1 aromatic rings. The maximum Gasteiger partial charge on any atom is 0.338 e. The molecule has 0 aliphatic heterocycles. The number of nitro benzene ring substituents is 1. The summed E-state index contributed by atoms with van der Waals surface area (Å²) in [5.74, 6) is -1.66. The molecule has 5 nitrogen and oxygen atoms in total. The summed E-state index contributed by atoms with van der Waals surface area (Å²) in [5, 5.41) is 10.8. The van der Waals surface area contributed by atoms with Crippen molar-refractivity contribution in [3.63, 3.8) is 0 Å². The Kier molecular flexibility index (Phi) is 4.17. The topological polar surface area (TPSA) is 69.4 Å². The number of carbonyl (C=O) groups is 1. The van der Waals surface area contributed by atoms with Crippen LogP contribution in [0.1, 0.15) is 27.7 Å². The molecule has 0 saturated carbocycles. The minimum absolute atomic E-state index is 0.100. The van der Waals surface area contributed by atoms with Crippen LogP contribution in [0.4, 0.5) is 10.1 Å². The molecular weight excluding hydrogens is 297 g/mol. The van der Waals surface area contributed by atoms with Crippen molar-refractivity contribution in [1.29, 1.82) is 0 Å². The van der Waals surface area contributed by atoms with E-state index < -0.39 is 27.2 Å². The summed E-state index contributed by atoms with van der Waals surface area (Å²) in [5.41, 5.74) is -0.499. The van der Waals surface area contributed by atoms with Crippen LogP contribution in [-0.2, 0) is 4.74 Å².